The van der Waals surface area contributed by atoms with Crippen LogP contribution in [0.3, 0.4) is 0 Å². The summed E-state index contributed by atoms with van der Waals surface area (Å²) in [6.45, 7) is 1.74. The Morgan fingerprint density at radius 1 is 1.21 bits per heavy atom. The van der Waals surface area contributed by atoms with Gasteiger partial charge in [-0.3, -0.25) is 4.79 Å². The monoisotopic (exact) mass is 354 g/mol. The van der Waals surface area contributed by atoms with Gasteiger partial charge in [-0.2, -0.15) is 13.2 Å². The maximum absolute atomic E-state index is 13.5. The first kappa shape index (κ1) is 16.4. The molecule has 0 aliphatic heterocycles. The molecule has 2 N–H and O–H groups in total. The van der Waals surface area contributed by atoms with Crippen LogP contribution in [0, 0.1) is 12.7 Å². The molecule has 3 nitrogen and oxygen atoms in total. The molecule has 0 unspecified atom stereocenters. The van der Waals surface area contributed by atoms with Crippen molar-refractivity contribution in [3.05, 3.63) is 52.3 Å². The van der Waals surface area contributed by atoms with Crippen LogP contribution in [0.1, 0.15) is 20.9 Å². The molecule has 0 aliphatic carbocycles. The van der Waals surface area contributed by atoms with Gasteiger partial charge in [0.15, 0.2) is 0 Å². The first-order valence-corrected chi connectivity index (χ1v) is 7.56. The van der Waals surface area contributed by atoms with E-state index < -0.39 is 23.5 Å². The number of nitrogens with two attached hydrogens (primary N) is 1. The zero-order valence-electron chi connectivity index (χ0n) is 12.2. The van der Waals surface area contributed by atoms with Crippen molar-refractivity contribution in [3.63, 3.8) is 0 Å². The number of fused-ring (bicyclic) bond motifs is 1. The molecule has 0 fully saturated rings. The van der Waals surface area contributed by atoms with E-state index in [0.717, 1.165) is 6.07 Å². The number of amides is 1. The molecule has 0 saturated carbocycles. The Kier molecular flexibility index (Phi) is 3.79. The summed E-state index contributed by atoms with van der Waals surface area (Å²) < 4.78 is 52.9. The largest absolute Gasteiger partial charge is 0.419 e. The average Bonchev–Trinajstić information content (AvgIpc) is 2.85. The Hall–Kier alpha value is -2.48. The van der Waals surface area contributed by atoms with Crippen LogP contribution in [0.2, 0.25) is 0 Å². The minimum atomic E-state index is -4.82. The zero-order valence-corrected chi connectivity index (χ0v) is 13.1. The molecule has 0 aliphatic rings. The Bertz CT molecular complexity index is 963. The molecule has 8 heteroatoms. The van der Waals surface area contributed by atoms with Gasteiger partial charge in [0.25, 0.3) is 0 Å². The summed E-state index contributed by atoms with van der Waals surface area (Å²) in [5.74, 6) is -2.06. The summed E-state index contributed by atoms with van der Waals surface area (Å²) >= 11 is 1.29. The lowest BCUT2D eigenvalue weighted by Gasteiger charge is -2.11. The second-order valence-corrected chi connectivity index (χ2v) is 6.39. The third kappa shape index (κ3) is 2.84. The number of halogens is 4. The first-order valence-electron chi connectivity index (χ1n) is 6.75. The Morgan fingerprint density at radius 2 is 1.92 bits per heavy atom. The summed E-state index contributed by atoms with van der Waals surface area (Å²) in [4.78, 5) is 15.8. The lowest BCUT2D eigenvalue weighted by molar-refractivity contribution is -0.139. The van der Waals surface area contributed by atoms with E-state index in [0.29, 0.717) is 26.9 Å². The van der Waals surface area contributed by atoms with Gasteiger partial charge in [0.05, 0.1) is 20.8 Å². The number of carbonyl (C=O) groups is 1. The SMILES string of the molecule is Cc1nc2c(-c3ccc(F)c(C(F)(F)F)c3)cc(C(N)=O)cc2s1. The second-order valence-electron chi connectivity index (χ2n) is 5.16. The van der Waals surface area contributed by atoms with Crippen LogP contribution < -0.4 is 5.73 Å². The van der Waals surface area contributed by atoms with Gasteiger partial charge in [0.2, 0.25) is 5.91 Å². The molecule has 0 saturated heterocycles. The molecule has 0 bridgehead atoms. The van der Waals surface area contributed by atoms with Crippen molar-refractivity contribution in [2.24, 2.45) is 5.73 Å². The van der Waals surface area contributed by atoms with E-state index in [-0.39, 0.29) is 11.1 Å². The van der Waals surface area contributed by atoms with Crippen molar-refractivity contribution in [1.29, 1.82) is 0 Å². The smallest absolute Gasteiger partial charge is 0.366 e. The number of rotatable bonds is 2. The molecule has 124 valence electrons. The van der Waals surface area contributed by atoms with Crippen LogP contribution in [-0.4, -0.2) is 10.9 Å². The number of nitrogens with zero attached hydrogens (tertiary/aromatic N) is 1. The molecular weight excluding hydrogens is 344 g/mol. The van der Waals surface area contributed by atoms with Gasteiger partial charge in [0.1, 0.15) is 5.82 Å². The predicted molar refractivity (Wildman–Crippen MR) is 83.3 cm³/mol. The van der Waals surface area contributed by atoms with Crippen LogP contribution in [0.25, 0.3) is 21.3 Å². The van der Waals surface area contributed by atoms with E-state index in [9.17, 15) is 22.4 Å². The van der Waals surface area contributed by atoms with Crippen LogP contribution in [0.5, 0.6) is 0 Å². The lowest BCUT2D eigenvalue weighted by atomic mass is 9.99. The standard InChI is InChI=1S/C16H10F4N2OS/c1-7-22-14-10(4-9(15(21)23)6-13(14)24-7)8-2-3-12(17)11(5-8)16(18,19)20/h2-6H,1H3,(H2,21,23). The molecule has 3 rings (SSSR count). The van der Waals surface area contributed by atoms with Crippen LogP contribution in [0.15, 0.2) is 30.3 Å². The van der Waals surface area contributed by atoms with Crippen LogP contribution in [0.4, 0.5) is 17.6 Å². The van der Waals surface area contributed by atoms with Crippen LogP contribution >= 0.6 is 11.3 Å². The topological polar surface area (TPSA) is 56.0 Å². The molecule has 0 radical (unpaired) electrons. The zero-order chi connectivity index (χ0) is 17.6. The molecular formula is C16H10F4N2OS. The summed E-state index contributed by atoms with van der Waals surface area (Å²) in [7, 11) is 0. The Balaban J connectivity index is 2.31. The van der Waals surface area contributed by atoms with Crippen molar-refractivity contribution in [2.75, 3.05) is 0 Å². The van der Waals surface area contributed by atoms with Crippen molar-refractivity contribution >= 4 is 27.5 Å². The highest BCUT2D eigenvalue weighted by Gasteiger charge is 2.34. The second kappa shape index (κ2) is 5.55. The molecule has 24 heavy (non-hydrogen) atoms. The average molecular weight is 354 g/mol. The fourth-order valence-corrected chi connectivity index (χ4v) is 3.31. The molecule has 1 amide bonds. The highest BCUT2D eigenvalue weighted by atomic mass is 32.1. The Morgan fingerprint density at radius 3 is 2.54 bits per heavy atom. The van der Waals surface area contributed by atoms with E-state index in [1.165, 1.54) is 23.5 Å². The lowest BCUT2D eigenvalue weighted by Crippen LogP contribution is -2.11. The highest BCUT2D eigenvalue weighted by molar-refractivity contribution is 7.18. The summed E-state index contributed by atoms with van der Waals surface area (Å²) in [5, 5.41) is 0.686. The molecule has 1 aromatic heterocycles. The number of hydrogen-bond donors (Lipinski definition) is 1. The van der Waals surface area contributed by atoms with Crippen molar-refractivity contribution in [3.8, 4) is 11.1 Å². The molecule has 3 aromatic rings. The van der Waals surface area contributed by atoms with Crippen LogP contribution in [-0.2, 0) is 6.18 Å². The number of aryl methyl sites for hydroxylation is 1. The number of carbonyl (C=O) groups excluding carboxylic acids is 1. The highest BCUT2D eigenvalue weighted by Crippen LogP contribution is 2.37. The van der Waals surface area contributed by atoms with E-state index in [4.69, 9.17) is 5.73 Å². The number of alkyl halides is 3. The molecule has 2 aromatic carbocycles. The maximum atomic E-state index is 13.5. The van der Waals surface area contributed by atoms with Gasteiger partial charge in [0, 0.05) is 11.1 Å². The summed E-state index contributed by atoms with van der Waals surface area (Å²) in [6.07, 6.45) is -4.82. The van der Waals surface area contributed by atoms with E-state index in [1.807, 2.05) is 0 Å². The van der Waals surface area contributed by atoms with Gasteiger partial charge < -0.3 is 5.73 Å². The number of benzene rings is 2. The fourth-order valence-electron chi connectivity index (χ4n) is 2.41. The predicted octanol–water partition coefficient (Wildman–Crippen LogP) is 4.53. The quantitative estimate of drug-likeness (QED) is 0.688. The van der Waals surface area contributed by atoms with Gasteiger partial charge >= 0.3 is 6.18 Å². The number of aromatic nitrogens is 1. The van der Waals surface area contributed by atoms with Crippen molar-refractivity contribution < 1.29 is 22.4 Å². The third-order valence-electron chi connectivity index (χ3n) is 3.47. The van der Waals surface area contributed by atoms with E-state index in [2.05, 4.69) is 4.98 Å². The number of hydrogen-bond acceptors (Lipinski definition) is 3. The third-order valence-corrected chi connectivity index (χ3v) is 4.39. The molecule has 1 heterocycles. The van der Waals surface area contributed by atoms with Gasteiger partial charge in [-0.25, -0.2) is 9.37 Å². The van der Waals surface area contributed by atoms with Gasteiger partial charge in [-0.1, -0.05) is 6.07 Å². The maximum Gasteiger partial charge on any atom is 0.419 e. The summed E-state index contributed by atoms with van der Waals surface area (Å²) in [6, 6.07) is 5.60. The normalized spacial score (nSPS) is 11.9. The Labute approximate surface area is 137 Å². The van der Waals surface area contributed by atoms with E-state index in [1.54, 1.807) is 13.0 Å². The minimum Gasteiger partial charge on any atom is -0.366 e. The minimum absolute atomic E-state index is 0.113. The number of thiazole rings is 1. The summed E-state index contributed by atoms with van der Waals surface area (Å²) in [5.41, 5.74) is 4.93. The van der Waals surface area contributed by atoms with Crippen molar-refractivity contribution in [2.45, 2.75) is 13.1 Å². The van der Waals surface area contributed by atoms with Gasteiger partial charge in [-0.05, 0) is 36.8 Å². The first-order chi connectivity index (χ1) is 11.2. The number of primary amides is 1. The molecule has 0 atom stereocenters. The molecule has 0 spiro atoms. The van der Waals surface area contributed by atoms with E-state index >= 15 is 0 Å². The van der Waals surface area contributed by atoms with Gasteiger partial charge in [-0.15, -0.1) is 11.3 Å². The van der Waals surface area contributed by atoms with Crippen molar-refractivity contribution in [1.82, 2.24) is 4.98 Å². The fraction of sp³-hybridized carbons (Fsp3) is 0.125.